The van der Waals surface area contributed by atoms with E-state index < -0.39 is 12.7 Å². The van der Waals surface area contributed by atoms with Crippen LogP contribution in [0.25, 0.3) is 0 Å². The summed E-state index contributed by atoms with van der Waals surface area (Å²) >= 11 is 0. The summed E-state index contributed by atoms with van der Waals surface area (Å²) in [5.74, 6) is 0. The van der Waals surface area contributed by atoms with Gasteiger partial charge in [-0.3, -0.25) is 0 Å². The van der Waals surface area contributed by atoms with Gasteiger partial charge in [0.05, 0.1) is 0 Å². The number of alkyl halides is 1. The van der Waals surface area contributed by atoms with Crippen LogP contribution < -0.4 is 0 Å². The summed E-state index contributed by atoms with van der Waals surface area (Å²) in [5.41, 5.74) is 0. The minimum absolute atomic E-state index is 0.942. The summed E-state index contributed by atoms with van der Waals surface area (Å²) in [7, 11) is 0. The van der Waals surface area contributed by atoms with E-state index in [1.165, 1.54) is 0 Å². The molecule has 0 aromatic carbocycles. The Kier molecular flexibility index (Phi) is 0.469. The molecule has 0 aliphatic carbocycles. The second-order valence-electron chi connectivity index (χ2n) is 0.760. The lowest BCUT2D eigenvalue weighted by molar-refractivity contribution is -0.250. The van der Waals surface area contributed by atoms with Crippen LogP contribution in [0.3, 0.4) is 0 Å². The van der Waals surface area contributed by atoms with Gasteiger partial charge in [0.25, 0.3) is 0 Å². The molecular weight excluding hydrogens is 91.0 g/mol. The van der Waals surface area contributed by atoms with Gasteiger partial charge in [-0.2, -0.15) is 4.39 Å². The molecule has 0 aromatic heterocycles. The van der Waals surface area contributed by atoms with E-state index in [0.29, 0.717) is 0 Å². The second kappa shape index (κ2) is 0.830. The Morgan fingerprint density at radius 2 is 2.17 bits per heavy atom. The van der Waals surface area contributed by atoms with Gasteiger partial charge in [-0.1, -0.05) is 0 Å². The average Bonchev–Trinajstić information content (AvgIpc) is 1.33. The first-order valence-electron chi connectivity index (χ1n) is 1.30. The molecule has 0 unspecified atom stereocenters. The van der Waals surface area contributed by atoms with Crippen LogP contribution in [-0.4, -0.2) is 12.7 Å². The Morgan fingerprint density at radius 3 is 2.17 bits per heavy atom. The van der Waals surface area contributed by atoms with E-state index in [4.69, 9.17) is 0 Å². The molecule has 1 heterocycles. The van der Waals surface area contributed by atoms with Crippen LogP contribution in [0, 0.1) is 0 Å². The van der Waals surface area contributed by atoms with E-state index in [0.717, 1.165) is 0 Å². The van der Waals surface area contributed by atoms with Crippen molar-refractivity contribution in [3.63, 3.8) is 0 Å². The lowest BCUT2D eigenvalue weighted by Gasteiger charge is -2.16. The molecule has 0 radical (unpaired) electrons. The van der Waals surface area contributed by atoms with E-state index in [9.17, 15) is 9.18 Å². The number of carbonyl (C=O) groups is 1. The van der Waals surface area contributed by atoms with Gasteiger partial charge in [0.2, 0.25) is 0 Å². The maximum atomic E-state index is 11.1. The van der Waals surface area contributed by atoms with Crippen molar-refractivity contribution in [3.8, 4) is 0 Å². The molecule has 0 spiro atoms. The van der Waals surface area contributed by atoms with E-state index in [2.05, 4.69) is 9.47 Å². The normalized spacial score (nSPS) is 21.2. The third-order valence-electron chi connectivity index (χ3n) is 0.378. The van der Waals surface area contributed by atoms with Crippen molar-refractivity contribution in [2.75, 3.05) is 0 Å². The van der Waals surface area contributed by atoms with Gasteiger partial charge in [-0.05, 0) is 0 Å². The lowest BCUT2D eigenvalue weighted by atomic mass is 11.1. The van der Waals surface area contributed by atoms with Gasteiger partial charge < -0.3 is 9.47 Å². The summed E-state index contributed by atoms with van der Waals surface area (Å²) in [6, 6.07) is 0. The summed E-state index contributed by atoms with van der Waals surface area (Å²) in [4.78, 5) is 9.43. The summed E-state index contributed by atoms with van der Waals surface area (Å²) in [5, 5.41) is 0. The Bertz CT molecular complexity index is 72.9. The highest BCUT2D eigenvalue weighted by Gasteiger charge is 2.28. The standard InChI is InChI=1S/C2HFO3/c3-1-5-2(4)6-1/h1H. The number of cyclic esters (lactones) is 2. The van der Waals surface area contributed by atoms with Crippen molar-refractivity contribution in [1.29, 1.82) is 0 Å². The predicted octanol–water partition coefficient (Wildman–Crippen LogP) is 0.406. The van der Waals surface area contributed by atoms with E-state index in [1.54, 1.807) is 0 Å². The zero-order chi connectivity index (χ0) is 4.57. The first-order valence-corrected chi connectivity index (χ1v) is 1.30. The van der Waals surface area contributed by atoms with Crippen LogP contribution in [0.15, 0.2) is 0 Å². The van der Waals surface area contributed by atoms with Crippen LogP contribution in [0.2, 0.25) is 0 Å². The molecule has 3 nitrogen and oxygen atoms in total. The lowest BCUT2D eigenvalue weighted by Crippen LogP contribution is -2.30. The van der Waals surface area contributed by atoms with Crippen molar-refractivity contribution in [1.82, 2.24) is 0 Å². The smallest absolute Gasteiger partial charge is 0.364 e. The predicted molar refractivity (Wildman–Crippen MR) is 12.5 cm³/mol. The van der Waals surface area contributed by atoms with E-state index in [1.807, 2.05) is 0 Å². The molecule has 0 amide bonds. The average molecular weight is 92.0 g/mol. The molecule has 0 N–H and O–H groups in total. The number of rotatable bonds is 0. The Labute approximate surface area is 32.7 Å². The molecule has 0 aromatic rings. The molecular formula is C2HFO3. The molecule has 0 bridgehead atoms. The molecule has 6 heavy (non-hydrogen) atoms. The van der Waals surface area contributed by atoms with E-state index >= 15 is 0 Å². The Hall–Kier alpha value is -0.800. The highest BCUT2D eigenvalue weighted by atomic mass is 19.2. The SMILES string of the molecule is O=C1OC(F)O1. The molecule has 34 valence electrons. The van der Waals surface area contributed by atoms with Gasteiger partial charge in [0.1, 0.15) is 0 Å². The third-order valence-corrected chi connectivity index (χ3v) is 0.378. The van der Waals surface area contributed by atoms with Gasteiger partial charge in [0.15, 0.2) is 0 Å². The number of hydrogen-bond donors (Lipinski definition) is 0. The number of ether oxygens (including phenoxy) is 2. The number of hydrogen-bond acceptors (Lipinski definition) is 3. The topological polar surface area (TPSA) is 35.5 Å². The Morgan fingerprint density at radius 1 is 1.67 bits per heavy atom. The molecule has 1 fully saturated rings. The molecule has 0 saturated carbocycles. The first-order chi connectivity index (χ1) is 2.79. The molecule has 1 rings (SSSR count). The number of carbonyl (C=O) groups excluding carboxylic acids is 1. The van der Waals surface area contributed by atoms with Gasteiger partial charge in [0, 0.05) is 0 Å². The van der Waals surface area contributed by atoms with Gasteiger partial charge >= 0.3 is 12.7 Å². The zero-order valence-corrected chi connectivity index (χ0v) is 2.68. The molecule has 1 aliphatic heterocycles. The highest BCUT2D eigenvalue weighted by Crippen LogP contribution is 2.09. The molecule has 1 aliphatic rings. The van der Waals surface area contributed by atoms with Crippen LogP contribution >= 0.6 is 0 Å². The van der Waals surface area contributed by atoms with Crippen LogP contribution in [0.1, 0.15) is 0 Å². The molecule has 0 atom stereocenters. The summed E-state index contributed by atoms with van der Waals surface area (Å²) in [6.07, 6.45) is -0.942. The van der Waals surface area contributed by atoms with Crippen LogP contribution in [-0.2, 0) is 9.47 Å². The summed E-state index contributed by atoms with van der Waals surface area (Å²) in [6.45, 7) is -1.81. The van der Waals surface area contributed by atoms with Crippen molar-refractivity contribution in [2.24, 2.45) is 0 Å². The monoisotopic (exact) mass is 92.0 g/mol. The van der Waals surface area contributed by atoms with Gasteiger partial charge in [-0.25, -0.2) is 4.79 Å². The van der Waals surface area contributed by atoms with Crippen LogP contribution in [0.4, 0.5) is 9.18 Å². The maximum absolute atomic E-state index is 11.1. The van der Waals surface area contributed by atoms with Crippen molar-refractivity contribution >= 4 is 6.16 Å². The second-order valence-corrected chi connectivity index (χ2v) is 0.760. The Balaban J connectivity index is 2.28. The number of halogens is 1. The largest absolute Gasteiger partial charge is 0.518 e. The first kappa shape index (κ1) is 3.39. The minimum atomic E-state index is -1.81. The summed E-state index contributed by atoms with van der Waals surface area (Å²) < 4.78 is 18.3. The van der Waals surface area contributed by atoms with E-state index in [-0.39, 0.29) is 0 Å². The fourth-order valence-corrected chi connectivity index (χ4v) is 0.160. The maximum Gasteiger partial charge on any atom is 0.518 e. The van der Waals surface area contributed by atoms with Crippen molar-refractivity contribution < 1.29 is 18.7 Å². The molecule has 4 heteroatoms. The fraction of sp³-hybridized carbons (Fsp3) is 0.500. The quantitative estimate of drug-likeness (QED) is 0.406. The van der Waals surface area contributed by atoms with Gasteiger partial charge in [-0.15, -0.1) is 0 Å². The minimum Gasteiger partial charge on any atom is -0.364 e. The molecule has 1 saturated heterocycles. The highest BCUT2D eigenvalue weighted by molar-refractivity contribution is 5.63. The fourth-order valence-electron chi connectivity index (χ4n) is 0.160. The van der Waals surface area contributed by atoms with Crippen LogP contribution in [0.5, 0.6) is 0 Å². The van der Waals surface area contributed by atoms with Crippen molar-refractivity contribution in [2.45, 2.75) is 6.54 Å². The van der Waals surface area contributed by atoms with Crippen molar-refractivity contribution in [3.05, 3.63) is 0 Å². The zero-order valence-electron chi connectivity index (χ0n) is 2.68. The third kappa shape index (κ3) is 0.299.